The standard InChI is InChI=1S/C21H23Cl2N5O4/c1-2-30-17-10-14(11-25-6-7-26-21(29)18-20(24)28-32-27-18)9-16(23)19(17)31-12-13-4-3-5-15(22)8-13/h3-5,8-10,25H,2,6-7,11-12H2,1H3,(H2,24,28)(H,26,29). The Morgan fingerprint density at radius 3 is 2.69 bits per heavy atom. The molecule has 3 rings (SSSR count). The maximum atomic E-state index is 11.9. The van der Waals surface area contributed by atoms with Crippen molar-refractivity contribution in [3.05, 3.63) is 63.3 Å². The predicted molar refractivity (Wildman–Crippen MR) is 121 cm³/mol. The number of nitrogen functional groups attached to an aromatic ring is 1. The highest BCUT2D eigenvalue weighted by molar-refractivity contribution is 6.32. The molecule has 1 aromatic heterocycles. The van der Waals surface area contributed by atoms with E-state index in [1.54, 1.807) is 6.07 Å². The van der Waals surface area contributed by atoms with Gasteiger partial charge in [-0.3, -0.25) is 4.79 Å². The number of nitrogens with two attached hydrogens (primary N) is 1. The number of nitrogens with one attached hydrogen (secondary N) is 2. The van der Waals surface area contributed by atoms with Gasteiger partial charge in [-0.15, -0.1) is 0 Å². The fourth-order valence-corrected chi connectivity index (χ4v) is 3.34. The lowest BCUT2D eigenvalue weighted by Crippen LogP contribution is -2.32. The topological polar surface area (TPSA) is 125 Å². The lowest BCUT2D eigenvalue weighted by atomic mass is 10.2. The predicted octanol–water partition coefficient (Wildman–Crippen LogP) is 3.46. The first-order valence-corrected chi connectivity index (χ1v) is 10.6. The molecule has 9 nitrogen and oxygen atoms in total. The van der Waals surface area contributed by atoms with Crippen LogP contribution in [0.5, 0.6) is 11.5 Å². The molecule has 2 aromatic carbocycles. The van der Waals surface area contributed by atoms with E-state index in [-0.39, 0.29) is 11.5 Å². The first-order valence-electron chi connectivity index (χ1n) is 9.87. The molecule has 0 aliphatic rings. The molecule has 1 heterocycles. The van der Waals surface area contributed by atoms with Gasteiger partial charge in [0.15, 0.2) is 11.5 Å². The van der Waals surface area contributed by atoms with Gasteiger partial charge < -0.3 is 25.8 Å². The van der Waals surface area contributed by atoms with Crippen LogP contribution in [0.2, 0.25) is 10.0 Å². The zero-order chi connectivity index (χ0) is 22.9. The second-order valence-electron chi connectivity index (χ2n) is 6.69. The number of amides is 1. The third-order valence-electron chi connectivity index (χ3n) is 4.29. The van der Waals surface area contributed by atoms with Crippen LogP contribution in [0, 0.1) is 0 Å². The summed E-state index contributed by atoms with van der Waals surface area (Å²) in [5.74, 6) is 0.532. The minimum atomic E-state index is -0.451. The van der Waals surface area contributed by atoms with Gasteiger partial charge in [0.05, 0.1) is 11.6 Å². The summed E-state index contributed by atoms with van der Waals surface area (Å²) < 4.78 is 16.1. The number of nitrogens with zero attached hydrogens (tertiary/aromatic N) is 2. The fraction of sp³-hybridized carbons (Fsp3) is 0.286. The average molecular weight is 480 g/mol. The van der Waals surface area contributed by atoms with Crippen LogP contribution in [0.1, 0.15) is 28.5 Å². The smallest absolute Gasteiger partial charge is 0.277 e. The van der Waals surface area contributed by atoms with E-state index in [0.717, 1.165) is 11.1 Å². The van der Waals surface area contributed by atoms with E-state index in [1.807, 2.05) is 37.3 Å². The number of aromatic nitrogens is 2. The van der Waals surface area contributed by atoms with Gasteiger partial charge in [0.25, 0.3) is 5.91 Å². The molecule has 0 atom stereocenters. The molecule has 0 saturated carbocycles. The minimum Gasteiger partial charge on any atom is -0.490 e. The van der Waals surface area contributed by atoms with Crippen LogP contribution in [-0.2, 0) is 13.2 Å². The largest absolute Gasteiger partial charge is 0.490 e. The second-order valence-corrected chi connectivity index (χ2v) is 7.53. The van der Waals surface area contributed by atoms with E-state index in [9.17, 15) is 4.79 Å². The summed E-state index contributed by atoms with van der Waals surface area (Å²) in [6.45, 7) is 4.04. The molecule has 1 amide bonds. The third-order valence-corrected chi connectivity index (χ3v) is 4.80. The molecule has 0 fully saturated rings. The van der Waals surface area contributed by atoms with Crippen molar-refractivity contribution < 1.29 is 18.9 Å². The Kier molecular flexibility index (Phi) is 8.55. The van der Waals surface area contributed by atoms with Gasteiger partial charge >= 0.3 is 0 Å². The SMILES string of the molecule is CCOc1cc(CNCCNC(=O)c2nonc2N)cc(Cl)c1OCc1cccc(Cl)c1. The molecular weight excluding hydrogens is 457 g/mol. The number of anilines is 1. The van der Waals surface area contributed by atoms with Crippen LogP contribution in [0.15, 0.2) is 41.0 Å². The number of ether oxygens (including phenoxy) is 2. The Morgan fingerprint density at radius 2 is 1.97 bits per heavy atom. The monoisotopic (exact) mass is 479 g/mol. The van der Waals surface area contributed by atoms with Crippen molar-refractivity contribution in [2.75, 3.05) is 25.4 Å². The third kappa shape index (κ3) is 6.49. The first kappa shape index (κ1) is 23.6. The first-order chi connectivity index (χ1) is 15.5. The van der Waals surface area contributed by atoms with Gasteiger partial charge in [-0.1, -0.05) is 35.3 Å². The lowest BCUT2D eigenvalue weighted by Gasteiger charge is -2.16. The molecule has 3 aromatic rings. The zero-order valence-corrected chi connectivity index (χ0v) is 18.9. The van der Waals surface area contributed by atoms with E-state index in [4.69, 9.17) is 38.4 Å². The van der Waals surface area contributed by atoms with Gasteiger partial charge in [0, 0.05) is 24.7 Å². The van der Waals surface area contributed by atoms with Crippen LogP contribution >= 0.6 is 23.2 Å². The molecule has 0 aliphatic carbocycles. The average Bonchev–Trinajstić information content (AvgIpc) is 3.19. The molecule has 0 spiro atoms. The van der Waals surface area contributed by atoms with Crippen LogP contribution in [-0.4, -0.2) is 35.9 Å². The van der Waals surface area contributed by atoms with Gasteiger partial charge in [-0.25, -0.2) is 4.63 Å². The van der Waals surface area contributed by atoms with Crippen LogP contribution in [0.3, 0.4) is 0 Å². The Morgan fingerprint density at radius 1 is 1.12 bits per heavy atom. The molecule has 0 radical (unpaired) electrons. The van der Waals surface area contributed by atoms with E-state index in [1.165, 1.54) is 0 Å². The quantitative estimate of drug-likeness (QED) is 0.357. The highest BCUT2D eigenvalue weighted by Crippen LogP contribution is 2.37. The summed E-state index contributed by atoms with van der Waals surface area (Å²) in [5, 5.41) is 13.8. The van der Waals surface area contributed by atoms with Crippen LogP contribution in [0.4, 0.5) is 5.82 Å². The lowest BCUT2D eigenvalue weighted by molar-refractivity contribution is 0.0944. The van der Waals surface area contributed by atoms with Gasteiger partial charge in [0.2, 0.25) is 11.5 Å². The Balaban J connectivity index is 1.54. The second kappa shape index (κ2) is 11.6. The van der Waals surface area contributed by atoms with Crippen molar-refractivity contribution in [3.8, 4) is 11.5 Å². The molecule has 32 heavy (non-hydrogen) atoms. The van der Waals surface area contributed by atoms with Crippen molar-refractivity contribution in [2.24, 2.45) is 0 Å². The number of benzene rings is 2. The number of carbonyl (C=O) groups is 1. The van der Waals surface area contributed by atoms with Crippen LogP contribution in [0.25, 0.3) is 0 Å². The van der Waals surface area contributed by atoms with E-state index in [2.05, 4.69) is 25.6 Å². The van der Waals surface area contributed by atoms with Crippen LogP contribution < -0.4 is 25.8 Å². The number of halogens is 2. The summed E-state index contributed by atoms with van der Waals surface area (Å²) in [5.41, 5.74) is 7.28. The summed E-state index contributed by atoms with van der Waals surface area (Å²) in [6.07, 6.45) is 0. The van der Waals surface area contributed by atoms with Gasteiger partial charge in [-0.05, 0) is 52.6 Å². The summed E-state index contributed by atoms with van der Waals surface area (Å²) >= 11 is 12.5. The molecule has 0 aliphatic heterocycles. The maximum Gasteiger partial charge on any atom is 0.277 e. The minimum absolute atomic E-state index is 0.0356. The van der Waals surface area contributed by atoms with E-state index in [0.29, 0.717) is 54.4 Å². The number of carbonyl (C=O) groups excluding carboxylic acids is 1. The Bertz CT molecular complexity index is 1060. The van der Waals surface area contributed by atoms with Crippen molar-refractivity contribution >= 4 is 34.9 Å². The van der Waals surface area contributed by atoms with E-state index >= 15 is 0 Å². The molecule has 0 saturated heterocycles. The molecule has 0 unspecified atom stereocenters. The molecule has 170 valence electrons. The molecule has 0 bridgehead atoms. The van der Waals surface area contributed by atoms with Gasteiger partial charge in [-0.2, -0.15) is 0 Å². The van der Waals surface area contributed by atoms with E-state index < -0.39 is 5.91 Å². The van der Waals surface area contributed by atoms with Crippen molar-refractivity contribution in [1.29, 1.82) is 0 Å². The Labute approximate surface area is 195 Å². The van der Waals surface area contributed by atoms with Gasteiger partial charge in [0.1, 0.15) is 6.61 Å². The number of hydrogen-bond acceptors (Lipinski definition) is 8. The van der Waals surface area contributed by atoms with Crippen molar-refractivity contribution in [1.82, 2.24) is 20.9 Å². The highest BCUT2D eigenvalue weighted by atomic mass is 35.5. The fourth-order valence-electron chi connectivity index (χ4n) is 2.84. The number of rotatable bonds is 11. The maximum absolute atomic E-state index is 11.9. The molecular formula is C21H23Cl2N5O4. The van der Waals surface area contributed by atoms with Crippen molar-refractivity contribution in [3.63, 3.8) is 0 Å². The summed E-state index contributed by atoms with van der Waals surface area (Å²) in [6, 6.07) is 11.1. The highest BCUT2D eigenvalue weighted by Gasteiger charge is 2.15. The normalized spacial score (nSPS) is 10.7. The van der Waals surface area contributed by atoms with Crippen molar-refractivity contribution in [2.45, 2.75) is 20.1 Å². The summed E-state index contributed by atoms with van der Waals surface area (Å²) in [7, 11) is 0. The molecule has 4 N–H and O–H groups in total. The number of hydrogen-bond donors (Lipinski definition) is 3. The molecule has 11 heteroatoms. The summed E-state index contributed by atoms with van der Waals surface area (Å²) in [4.78, 5) is 11.9. The zero-order valence-electron chi connectivity index (χ0n) is 17.4. The Hall–Kier alpha value is -3.01.